The van der Waals surface area contributed by atoms with Gasteiger partial charge in [-0.2, -0.15) is 15.8 Å². The molecule has 0 spiro atoms. The van der Waals surface area contributed by atoms with Gasteiger partial charge in [-0.3, -0.25) is 0 Å². The molecule has 4 heteroatoms. The Morgan fingerprint density at radius 3 is 2.50 bits per heavy atom. The number of rotatable bonds is 2. The third-order valence-electron chi connectivity index (χ3n) is 1.91. The summed E-state index contributed by atoms with van der Waals surface area (Å²) in [6.45, 7) is 1.89. The van der Waals surface area contributed by atoms with Crippen LogP contribution in [0.5, 0.6) is 0 Å². The minimum Gasteiger partial charge on any atom is -0.359 e. The van der Waals surface area contributed by atoms with Gasteiger partial charge >= 0.3 is 0 Å². The fourth-order valence-electron chi connectivity index (χ4n) is 1.11. The van der Waals surface area contributed by atoms with Crippen LogP contribution in [0, 0.1) is 40.9 Å². The number of allylic oxidation sites excluding steroid dienone is 1. The Labute approximate surface area is 93.7 Å². The summed E-state index contributed by atoms with van der Waals surface area (Å²) in [5, 5.41) is 28.7. The maximum absolute atomic E-state index is 8.85. The second-order valence-electron chi connectivity index (χ2n) is 3.09. The average molecular weight is 208 g/mol. The van der Waals surface area contributed by atoms with Crippen molar-refractivity contribution in [1.29, 1.82) is 15.8 Å². The van der Waals surface area contributed by atoms with Gasteiger partial charge in [0.2, 0.25) is 0 Å². The summed E-state index contributed by atoms with van der Waals surface area (Å²) in [5.41, 5.74) is 2.01. The number of nitrogens with zero attached hydrogens (tertiary/aromatic N) is 3. The summed E-state index contributed by atoms with van der Waals surface area (Å²) in [6.07, 6.45) is 1.29. The van der Waals surface area contributed by atoms with Crippen LogP contribution >= 0.6 is 0 Å². The molecule has 0 heterocycles. The van der Waals surface area contributed by atoms with Gasteiger partial charge < -0.3 is 5.32 Å². The molecule has 1 aromatic rings. The van der Waals surface area contributed by atoms with Crippen molar-refractivity contribution < 1.29 is 0 Å². The Kier molecular flexibility index (Phi) is 3.67. The lowest BCUT2D eigenvalue weighted by Crippen LogP contribution is -1.93. The predicted molar refractivity (Wildman–Crippen MR) is 58.8 cm³/mol. The van der Waals surface area contributed by atoms with E-state index in [-0.39, 0.29) is 5.57 Å². The van der Waals surface area contributed by atoms with Crippen molar-refractivity contribution in [2.45, 2.75) is 6.92 Å². The number of hydrogen-bond donors (Lipinski definition) is 1. The molecular formula is C12H8N4. The van der Waals surface area contributed by atoms with Gasteiger partial charge in [0.15, 0.2) is 0 Å². The number of hydrogen-bond acceptors (Lipinski definition) is 4. The number of benzene rings is 1. The molecule has 0 unspecified atom stereocenters. The third kappa shape index (κ3) is 2.61. The van der Waals surface area contributed by atoms with E-state index in [1.807, 2.05) is 19.1 Å². The minimum absolute atomic E-state index is 0.0367. The second kappa shape index (κ2) is 5.20. The molecule has 1 aromatic carbocycles. The molecule has 0 saturated carbocycles. The monoisotopic (exact) mass is 208 g/mol. The van der Waals surface area contributed by atoms with Crippen LogP contribution in [-0.4, -0.2) is 0 Å². The molecule has 1 N–H and O–H groups in total. The van der Waals surface area contributed by atoms with Crippen LogP contribution in [0.1, 0.15) is 11.1 Å². The van der Waals surface area contributed by atoms with Crippen LogP contribution in [0.2, 0.25) is 0 Å². The maximum atomic E-state index is 8.85. The van der Waals surface area contributed by atoms with Crippen molar-refractivity contribution in [3.63, 3.8) is 0 Å². The predicted octanol–water partition coefficient (Wildman–Crippen LogP) is 2.21. The first-order chi connectivity index (χ1) is 7.71. The van der Waals surface area contributed by atoms with Gasteiger partial charge in [-0.05, 0) is 24.6 Å². The fraction of sp³-hybridized carbons (Fsp3) is 0.0833. The van der Waals surface area contributed by atoms with Crippen molar-refractivity contribution in [1.82, 2.24) is 0 Å². The highest BCUT2D eigenvalue weighted by atomic mass is 14.8. The molecule has 1 rings (SSSR count). The van der Waals surface area contributed by atoms with E-state index in [4.69, 9.17) is 15.8 Å². The smallest absolute Gasteiger partial charge is 0.145 e. The summed E-state index contributed by atoms with van der Waals surface area (Å²) in [4.78, 5) is 0. The van der Waals surface area contributed by atoms with Gasteiger partial charge in [0.1, 0.15) is 23.8 Å². The SMILES string of the molecule is Cc1ccc(C#N)c(NC=C(C#N)C#N)c1. The zero-order chi connectivity index (χ0) is 12.0. The van der Waals surface area contributed by atoms with E-state index in [1.54, 1.807) is 24.3 Å². The summed E-state index contributed by atoms with van der Waals surface area (Å²) in [6, 6.07) is 10.8. The second-order valence-corrected chi connectivity index (χ2v) is 3.09. The summed E-state index contributed by atoms with van der Waals surface area (Å²) in [7, 11) is 0. The van der Waals surface area contributed by atoms with Crippen LogP contribution in [0.15, 0.2) is 30.0 Å². The molecule has 0 amide bonds. The molecule has 0 atom stereocenters. The standard InChI is InChI=1S/C12H8N4/c1-9-2-3-11(7-15)12(4-9)16-8-10(5-13)6-14/h2-4,8,16H,1H3. The van der Waals surface area contributed by atoms with E-state index in [9.17, 15) is 0 Å². The van der Waals surface area contributed by atoms with E-state index < -0.39 is 0 Å². The van der Waals surface area contributed by atoms with Crippen LogP contribution in [0.4, 0.5) is 5.69 Å². The van der Waals surface area contributed by atoms with Gasteiger partial charge in [-0.25, -0.2) is 0 Å². The van der Waals surface area contributed by atoms with Crippen LogP contribution in [-0.2, 0) is 0 Å². The molecule has 0 radical (unpaired) electrons. The van der Waals surface area contributed by atoms with Crippen molar-refractivity contribution >= 4 is 5.69 Å². The van der Waals surface area contributed by atoms with E-state index >= 15 is 0 Å². The first-order valence-corrected chi connectivity index (χ1v) is 4.49. The number of anilines is 1. The largest absolute Gasteiger partial charge is 0.359 e. The molecule has 0 aliphatic heterocycles. The molecule has 16 heavy (non-hydrogen) atoms. The van der Waals surface area contributed by atoms with Crippen molar-refractivity contribution in [3.05, 3.63) is 41.1 Å². The third-order valence-corrected chi connectivity index (χ3v) is 1.91. The van der Waals surface area contributed by atoms with Gasteiger partial charge in [-0.15, -0.1) is 0 Å². The minimum atomic E-state index is -0.0367. The van der Waals surface area contributed by atoms with Crippen molar-refractivity contribution in [2.75, 3.05) is 5.32 Å². The highest BCUT2D eigenvalue weighted by molar-refractivity contribution is 5.61. The van der Waals surface area contributed by atoms with E-state index in [2.05, 4.69) is 5.32 Å². The number of nitriles is 3. The lowest BCUT2D eigenvalue weighted by Gasteiger charge is -2.04. The number of aryl methyl sites for hydroxylation is 1. The van der Waals surface area contributed by atoms with Gasteiger partial charge in [0.25, 0.3) is 0 Å². The van der Waals surface area contributed by atoms with E-state index in [1.165, 1.54) is 6.20 Å². The highest BCUT2D eigenvalue weighted by Crippen LogP contribution is 2.16. The summed E-state index contributed by atoms with van der Waals surface area (Å²) < 4.78 is 0. The van der Waals surface area contributed by atoms with Crippen LogP contribution < -0.4 is 5.32 Å². The van der Waals surface area contributed by atoms with E-state index in [0.717, 1.165) is 5.56 Å². The molecule has 0 aliphatic carbocycles. The van der Waals surface area contributed by atoms with Crippen LogP contribution in [0.3, 0.4) is 0 Å². The molecule has 4 nitrogen and oxygen atoms in total. The first-order valence-electron chi connectivity index (χ1n) is 4.49. The van der Waals surface area contributed by atoms with Gasteiger partial charge in [0, 0.05) is 6.20 Å². The molecule has 0 saturated heterocycles. The first kappa shape index (κ1) is 11.3. The fourth-order valence-corrected chi connectivity index (χ4v) is 1.11. The Hall–Kier alpha value is -2.77. The quantitative estimate of drug-likeness (QED) is 0.755. The Bertz CT molecular complexity index is 534. The average Bonchev–Trinajstić information content (AvgIpc) is 2.30. The summed E-state index contributed by atoms with van der Waals surface area (Å²) in [5.74, 6) is 0. The highest BCUT2D eigenvalue weighted by Gasteiger charge is 2.00. The molecule has 0 aromatic heterocycles. The van der Waals surface area contributed by atoms with Gasteiger partial charge in [-0.1, -0.05) is 6.07 Å². The lowest BCUT2D eigenvalue weighted by molar-refractivity contribution is 1.40. The number of nitrogens with one attached hydrogen (secondary N) is 1. The normalized spacial score (nSPS) is 8.12. The maximum Gasteiger partial charge on any atom is 0.145 e. The molecule has 0 bridgehead atoms. The Morgan fingerprint density at radius 2 is 1.94 bits per heavy atom. The molecular weight excluding hydrogens is 200 g/mol. The zero-order valence-electron chi connectivity index (χ0n) is 8.65. The zero-order valence-corrected chi connectivity index (χ0v) is 8.65. The Morgan fingerprint density at radius 1 is 1.25 bits per heavy atom. The van der Waals surface area contributed by atoms with Crippen molar-refractivity contribution in [3.8, 4) is 18.2 Å². The van der Waals surface area contributed by atoms with Crippen LogP contribution in [0.25, 0.3) is 0 Å². The molecule has 0 fully saturated rings. The van der Waals surface area contributed by atoms with Crippen molar-refractivity contribution in [2.24, 2.45) is 0 Å². The topological polar surface area (TPSA) is 83.4 Å². The molecule has 76 valence electrons. The lowest BCUT2D eigenvalue weighted by atomic mass is 10.1. The molecule has 0 aliphatic rings. The summed E-state index contributed by atoms with van der Waals surface area (Å²) >= 11 is 0. The Balaban J connectivity index is 3.04. The van der Waals surface area contributed by atoms with E-state index in [0.29, 0.717) is 11.3 Å². The van der Waals surface area contributed by atoms with Gasteiger partial charge in [0.05, 0.1) is 11.3 Å².